The smallest absolute Gasteiger partial charge is 0.0551 e. The second-order valence-electron chi connectivity index (χ2n) is 5.76. The lowest BCUT2D eigenvalue weighted by Crippen LogP contribution is -2.64. The van der Waals surface area contributed by atoms with Crippen molar-refractivity contribution in [2.75, 3.05) is 39.4 Å². The van der Waals surface area contributed by atoms with E-state index in [0.717, 1.165) is 39.4 Å². The van der Waals surface area contributed by atoms with Crippen LogP contribution in [0.1, 0.15) is 13.8 Å². The van der Waals surface area contributed by atoms with Crippen molar-refractivity contribution < 1.29 is 4.74 Å². The minimum absolute atomic E-state index is 0.248. The first-order chi connectivity index (χ1) is 7.58. The lowest BCUT2D eigenvalue weighted by molar-refractivity contribution is -0.197. The van der Waals surface area contributed by atoms with Crippen LogP contribution in [0.25, 0.3) is 0 Å². The highest BCUT2D eigenvalue weighted by molar-refractivity contribution is 5.01. The van der Waals surface area contributed by atoms with Crippen molar-refractivity contribution in [2.45, 2.75) is 19.9 Å². The van der Waals surface area contributed by atoms with Crippen molar-refractivity contribution in [3.8, 4) is 0 Å². The van der Waals surface area contributed by atoms with Crippen LogP contribution < -0.4 is 11.5 Å². The zero-order valence-electron chi connectivity index (χ0n) is 10.5. The second kappa shape index (κ2) is 4.61. The van der Waals surface area contributed by atoms with E-state index in [0.29, 0.717) is 17.3 Å². The summed E-state index contributed by atoms with van der Waals surface area (Å²) in [6, 6.07) is 0.248. The molecular weight excluding hydrogens is 202 g/mol. The first-order valence-corrected chi connectivity index (χ1v) is 6.34. The Hall–Kier alpha value is -0.160. The monoisotopic (exact) mass is 227 g/mol. The summed E-state index contributed by atoms with van der Waals surface area (Å²) in [7, 11) is 0. The Morgan fingerprint density at radius 2 is 2.12 bits per heavy atom. The molecule has 2 aliphatic rings. The zero-order valence-corrected chi connectivity index (χ0v) is 10.5. The van der Waals surface area contributed by atoms with Gasteiger partial charge in [-0.3, -0.25) is 0 Å². The van der Waals surface area contributed by atoms with E-state index in [2.05, 4.69) is 18.7 Å². The van der Waals surface area contributed by atoms with Gasteiger partial charge in [0, 0.05) is 31.1 Å². The molecule has 0 saturated carbocycles. The van der Waals surface area contributed by atoms with E-state index < -0.39 is 0 Å². The molecule has 0 bridgehead atoms. The first-order valence-electron chi connectivity index (χ1n) is 6.34. The summed E-state index contributed by atoms with van der Waals surface area (Å²) >= 11 is 0. The van der Waals surface area contributed by atoms with Crippen LogP contribution in [-0.4, -0.2) is 50.3 Å². The van der Waals surface area contributed by atoms with Gasteiger partial charge in [0.25, 0.3) is 0 Å². The number of rotatable bonds is 3. The number of likely N-dealkylation sites (tertiary alicyclic amines) is 1. The van der Waals surface area contributed by atoms with Crippen molar-refractivity contribution in [1.29, 1.82) is 0 Å². The van der Waals surface area contributed by atoms with E-state index in [1.165, 1.54) is 0 Å². The van der Waals surface area contributed by atoms with Crippen LogP contribution in [0.5, 0.6) is 0 Å². The van der Waals surface area contributed by atoms with E-state index in [1.54, 1.807) is 0 Å². The first kappa shape index (κ1) is 12.3. The maximum absolute atomic E-state index is 5.93. The SMILES string of the molecule is CC(N)CN1CC(C)C2(COC2)C(CN)C1. The van der Waals surface area contributed by atoms with Crippen LogP contribution in [-0.2, 0) is 4.74 Å². The maximum Gasteiger partial charge on any atom is 0.0551 e. The minimum atomic E-state index is 0.248. The Morgan fingerprint density at radius 3 is 2.56 bits per heavy atom. The Morgan fingerprint density at radius 1 is 1.44 bits per heavy atom. The average molecular weight is 227 g/mol. The molecule has 0 radical (unpaired) electrons. The average Bonchev–Trinajstić information content (AvgIpc) is 2.12. The van der Waals surface area contributed by atoms with Gasteiger partial charge in [0.1, 0.15) is 0 Å². The third-order valence-corrected chi connectivity index (χ3v) is 4.38. The fourth-order valence-electron chi connectivity index (χ4n) is 3.26. The predicted octanol–water partition coefficient (Wildman–Crippen LogP) is -0.123. The Kier molecular flexibility index (Phi) is 3.54. The molecule has 0 aromatic heterocycles. The zero-order chi connectivity index (χ0) is 11.8. The molecule has 2 aliphatic heterocycles. The third-order valence-electron chi connectivity index (χ3n) is 4.38. The van der Waals surface area contributed by atoms with Crippen molar-refractivity contribution in [3.63, 3.8) is 0 Å². The molecule has 4 nitrogen and oxygen atoms in total. The molecule has 4 heteroatoms. The van der Waals surface area contributed by atoms with Gasteiger partial charge >= 0.3 is 0 Å². The molecule has 2 fully saturated rings. The van der Waals surface area contributed by atoms with Crippen molar-refractivity contribution in [1.82, 2.24) is 4.90 Å². The van der Waals surface area contributed by atoms with Gasteiger partial charge in [-0.05, 0) is 25.3 Å². The van der Waals surface area contributed by atoms with E-state index >= 15 is 0 Å². The molecule has 3 atom stereocenters. The highest BCUT2D eigenvalue weighted by Crippen LogP contribution is 2.46. The van der Waals surface area contributed by atoms with Crippen molar-refractivity contribution >= 4 is 0 Å². The largest absolute Gasteiger partial charge is 0.380 e. The van der Waals surface area contributed by atoms with Crippen LogP contribution in [0.2, 0.25) is 0 Å². The van der Waals surface area contributed by atoms with Crippen LogP contribution in [0, 0.1) is 17.3 Å². The molecular formula is C12H25N3O. The fourth-order valence-corrected chi connectivity index (χ4v) is 3.26. The minimum Gasteiger partial charge on any atom is -0.380 e. The van der Waals surface area contributed by atoms with E-state index in [9.17, 15) is 0 Å². The van der Waals surface area contributed by atoms with Gasteiger partial charge in [-0.25, -0.2) is 0 Å². The molecule has 2 rings (SSSR count). The van der Waals surface area contributed by atoms with Crippen molar-refractivity contribution in [2.24, 2.45) is 28.7 Å². The van der Waals surface area contributed by atoms with Gasteiger partial charge in [0.2, 0.25) is 0 Å². The summed E-state index contributed by atoms with van der Waals surface area (Å²) in [5.74, 6) is 1.24. The van der Waals surface area contributed by atoms with Gasteiger partial charge in [-0.1, -0.05) is 6.92 Å². The van der Waals surface area contributed by atoms with Crippen molar-refractivity contribution in [3.05, 3.63) is 0 Å². The summed E-state index contributed by atoms with van der Waals surface area (Å²) in [5.41, 5.74) is 12.2. The van der Waals surface area contributed by atoms with Gasteiger partial charge in [0.05, 0.1) is 13.2 Å². The maximum atomic E-state index is 5.93. The summed E-state index contributed by atoms with van der Waals surface area (Å²) in [6.45, 7) is 10.2. The van der Waals surface area contributed by atoms with Crippen LogP contribution in [0.15, 0.2) is 0 Å². The second-order valence-corrected chi connectivity index (χ2v) is 5.76. The Bertz CT molecular complexity index is 240. The van der Waals surface area contributed by atoms with E-state index in [1.807, 2.05) is 0 Å². The molecule has 0 aliphatic carbocycles. The topological polar surface area (TPSA) is 64.5 Å². The summed E-state index contributed by atoms with van der Waals surface area (Å²) in [5, 5.41) is 0. The van der Waals surface area contributed by atoms with E-state index in [-0.39, 0.29) is 6.04 Å². The Labute approximate surface area is 98.3 Å². The molecule has 0 aromatic rings. The number of nitrogens with zero attached hydrogens (tertiary/aromatic N) is 1. The van der Waals surface area contributed by atoms with Crippen LogP contribution in [0.3, 0.4) is 0 Å². The van der Waals surface area contributed by atoms with Gasteiger partial charge < -0.3 is 21.1 Å². The van der Waals surface area contributed by atoms with Crippen LogP contribution in [0.4, 0.5) is 0 Å². The number of nitrogens with two attached hydrogens (primary N) is 2. The van der Waals surface area contributed by atoms with Crippen LogP contribution >= 0.6 is 0 Å². The molecule has 4 N–H and O–H groups in total. The Balaban J connectivity index is 2.02. The summed E-state index contributed by atoms with van der Waals surface area (Å²) in [4.78, 5) is 2.47. The highest BCUT2D eigenvalue weighted by Gasteiger charge is 2.52. The number of piperidine rings is 1. The molecule has 16 heavy (non-hydrogen) atoms. The lowest BCUT2D eigenvalue weighted by Gasteiger charge is -2.56. The molecule has 2 heterocycles. The number of ether oxygens (including phenoxy) is 1. The normalized spacial score (nSPS) is 36.0. The van der Waals surface area contributed by atoms with Gasteiger partial charge in [-0.15, -0.1) is 0 Å². The number of hydrogen-bond donors (Lipinski definition) is 2. The fraction of sp³-hybridized carbons (Fsp3) is 1.00. The predicted molar refractivity (Wildman–Crippen MR) is 65.0 cm³/mol. The summed E-state index contributed by atoms with van der Waals surface area (Å²) < 4.78 is 5.44. The quantitative estimate of drug-likeness (QED) is 0.705. The molecule has 1 spiro atoms. The van der Waals surface area contributed by atoms with Gasteiger partial charge in [-0.2, -0.15) is 0 Å². The lowest BCUT2D eigenvalue weighted by atomic mass is 9.63. The summed E-state index contributed by atoms with van der Waals surface area (Å²) in [6.07, 6.45) is 0. The molecule has 0 amide bonds. The molecule has 94 valence electrons. The highest BCUT2D eigenvalue weighted by atomic mass is 16.5. The number of hydrogen-bond acceptors (Lipinski definition) is 4. The van der Waals surface area contributed by atoms with Gasteiger partial charge in [0.15, 0.2) is 0 Å². The molecule has 2 saturated heterocycles. The molecule has 0 aromatic carbocycles. The van der Waals surface area contributed by atoms with E-state index in [4.69, 9.17) is 16.2 Å². The molecule has 3 unspecified atom stereocenters. The standard InChI is InChI=1S/C12H25N3O/c1-9-4-15(5-10(2)14)6-11(3-13)12(9)7-16-8-12/h9-11H,3-8,13-14H2,1-2H3. The third kappa shape index (κ3) is 1.99.